The minimum absolute atomic E-state index is 0.128. The molecule has 0 saturated carbocycles. The average molecular weight is 312 g/mol. The molecule has 1 N–H and O–H groups in total. The Balaban J connectivity index is 2.18. The maximum absolute atomic E-state index is 10.9. The zero-order valence-corrected chi connectivity index (χ0v) is 12.9. The van der Waals surface area contributed by atoms with Crippen LogP contribution in [0.3, 0.4) is 0 Å². The Morgan fingerprint density at radius 2 is 2.09 bits per heavy atom. The monoisotopic (exact) mass is 312 g/mol. The first-order valence-corrected chi connectivity index (χ1v) is 7.10. The van der Waals surface area contributed by atoms with Crippen LogP contribution in [0.25, 0.3) is 0 Å². The molecule has 0 aliphatic carbocycles. The number of para-hydroxylation sites is 1. The normalized spacial score (nSPS) is 9.96. The van der Waals surface area contributed by atoms with Gasteiger partial charge in [0.15, 0.2) is 11.5 Å². The summed E-state index contributed by atoms with van der Waals surface area (Å²) in [4.78, 5) is 10.9. The van der Waals surface area contributed by atoms with Crippen LogP contribution in [0.5, 0.6) is 11.5 Å². The third-order valence-electron chi connectivity index (χ3n) is 3.21. The van der Waals surface area contributed by atoms with E-state index in [9.17, 15) is 9.90 Å². The summed E-state index contributed by atoms with van der Waals surface area (Å²) in [6.45, 7) is 4.46. The Morgan fingerprint density at radius 1 is 1.30 bits per heavy atom. The lowest BCUT2D eigenvalue weighted by molar-refractivity contribution is -0.255. The molecule has 0 saturated heterocycles. The molecular weight excluding hydrogens is 294 g/mol. The molecule has 0 atom stereocenters. The van der Waals surface area contributed by atoms with Gasteiger partial charge in [-0.1, -0.05) is 36.9 Å². The fraction of sp³-hybridized carbons (Fsp3) is 0.167. The van der Waals surface area contributed by atoms with Gasteiger partial charge >= 0.3 is 0 Å². The molecule has 0 amide bonds. The van der Waals surface area contributed by atoms with Crippen LogP contribution in [0, 0.1) is 0 Å². The molecule has 5 nitrogen and oxygen atoms in total. The van der Waals surface area contributed by atoms with E-state index in [0.29, 0.717) is 30.3 Å². The number of ether oxygens (including phenoxy) is 2. The number of carboxylic acids is 1. The van der Waals surface area contributed by atoms with Crippen LogP contribution in [-0.2, 0) is 6.54 Å². The Kier molecular flexibility index (Phi) is 5.63. The van der Waals surface area contributed by atoms with Crippen molar-refractivity contribution in [2.45, 2.75) is 6.54 Å². The fourth-order valence-corrected chi connectivity index (χ4v) is 2.12. The summed E-state index contributed by atoms with van der Waals surface area (Å²) in [5.74, 6) is 0.0677. The summed E-state index contributed by atoms with van der Waals surface area (Å²) >= 11 is 0. The second-order valence-corrected chi connectivity index (χ2v) is 4.77. The minimum atomic E-state index is -1.20. The minimum Gasteiger partial charge on any atom is -0.545 e. The Hall–Kier alpha value is -2.95. The molecule has 2 aromatic carbocycles. The largest absolute Gasteiger partial charge is 0.545 e. The molecule has 0 unspecified atom stereocenters. The Bertz CT molecular complexity index is 697. The van der Waals surface area contributed by atoms with Crippen molar-refractivity contribution >= 4 is 11.7 Å². The van der Waals surface area contributed by atoms with Gasteiger partial charge in [-0.3, -0.25) is 0 Å². The summed E-state index contributed by atoms with van der Waals surface area (Å²) in [7, 11) is 1.58. The number of methoxy groups -OCH3 is 1. The van der Waals surface area contributed by atoms with Gasteiger partial charge in [0.1, 0.15) is 6.61 Å². The van der Waals surface area contributed by atoms with Crippen LogP contribution in [-0.4, -0.2) is 19.7 Å². The second kappa shape index (κ2) is 7.89. The molecule has 0 heterocycles. The van der Waals surface area contributed by atoms with E-state index in [4.69, 9.17) is 9.47 Å². The quantitative estimate of drug-likeness (QED) is 0.757. The lowest BCUT2D eigenvalue weighted by Gasteiger charge is -2.15. The second-order valence-electron chi connectivity index (χ2n) is 4.77. The number of carbonyl (C=O) groups excluding carboxylic acids is 1. The molecule has 0 fully saturated rings. The smallest absolute Gasteiger partial charge is 0.166 e. The molecular formula is C18H18NO4-. The number of carboxylic acid groups (broad SMARTS) is 1. The van der Waals surface area contributed by atoms with Crippen LogP contribution in [0.2, 0.25) is 0 Å². The number of hydrogen-bond donors (Lipinski definition) is 1. The number of aromatic carboxylic acids is 1. The first-order chi connectivity index (χ1) is 11.2. The van der Waals surface area contributed by atoms with Gasteiger partial charge in [0.2, 0.25) is 0 Å². The molecule has 0 aromatic heterocycles. The van der Waals surface area contributed by atoms with E-state index in [1.807, 2.05) is 18.2 Å². The standard InChI is InChI=1S/C18H19NO4/c1-3-10-23-17-14(7-5-9-16(17)22-2)12-19-15-8-4-6-13(11-15)18(20)21/h3-9,11,19H,1,10,12H2,2H3,(H,20,21)/p-1. The molecule has 0 bridgehead atoms. The lowest BCUT2D eigenvalue weighted by Crippen LogP contribution is -2.22. The van der Waals surface area contributed by atoms with E-state index >= 15 is 0 Å². The number of anilines is 1. The van der Waals surface area contributed by atoms with Gasteiger partial charge in [0.25, 0.3) is 0 Å². The third-order valence-corrected chi connectivity index (χ3v) is 3.21. The molecule has 2 aromatic rings. The van der Waals surface area contributed by atoms with Gasteiger partial charge in [-0.25, -0.2) is 0 Å². The molecule has 2 rings (SSSR count). The van der Waals surface area contributed by atoms with Crippen LogP contribution in [0.15, 0.2) is 55.1 Å². The van der Waals surface area contributed by atoms with Crippen molar-refractivity contribution in [3.63, 3.8) is 0 Å². The maximum Gasteiger partial charge on any atom is 0.166 e. The Morgan fingerprint density at radius 3 is 2.78 bits per heavy atom. The van der Waals surface area contributed by atoms with Crippen molar-refractivity contribution in [2.75, 3.05) is 19.0 Å². The van der Waals surface area contributed by atoms with Crippen LogP contribution < -0.4 is 19.9 Å². The van der Waals surface area contributed by atoms with Crippen LogP contribution >= 0.6 is 0 Å². The van der Waals surface area contributed by atoms with Crippen LogP contribution in [0.4, 0.5) is 5.69 Å². The number of carbonyl (C=O) groups is 1. The first kappa shape index (κ1) is 16.4. The summed E-state index contributed by atoms with van der Waals surface area (Å²) in [5, 5.41) is 14.1. The highest BCUT2D eigenvalue weighted by atomic mass is 16.5. The van der Waals surface area contributed by atoms with Gasteiger partial charge in [-0.15, -0.1) is 0 Å². The molecule has 0 aliphatic rings. The van der Waals surface area contributed by atoms with Crippen LogP contribution in [0.1, 0.15) is 15.9 Å². The Labute approximate surface area is 135 Å². The van der Waals surface area contributed by atoms with E-state index in [1.165, 1.54) is 12.1 Å². The van der Waals surface area contributed by atoms with E-state index in [2.05, 4.69) is 11.9 Å². The number of rotatable bonds is 8. The number of hydrogen-bond acceptors (Lipinski definition) is 5. The summed E-state index contributed by atoms with van der Waals surface area (Å²) in [6.07, 6.45) is 1.66. The zero-order valence-electron chi connectivity index (χ0n) is 12.9. The number of nitrogens with one attached hydrogen (secondary N) is 1. The summed E-state index contributed by atoms with van der Waals surface area (Å²) in [6, 6.07) is 12.1. The predicted octanol–water partition coefficient (Wildman–Crippen LogP) is 2.24. The fourth-order valence-electron chi connectivity index (χ4n) is 2.12. The van der Waals surface area contributed by atoms with Gasteiger partial charge in [0.05, 0.1) is 13.1 Å². The van der Waals surface area contributed by atoms with Gasteiger partial charge in [-0.05, 0) is 23.8 Å². The zero-order chi connectivity index (χ0) is 16.7. The van der Waals surface area contributed by atoms with Crippen molar-refractivity contribution in [1.29, 1.82) is 0 Å². The molecule has 23 heavy (non-hydrogen) atoms. The summed E-state index contributed by atoms with van der Waals surface area (Å²) < 4.78 is 11.0. The molecule has 120 valence electrons. The highest BCUT2D eigenvalue weighted by Gasteiger charge is 2.10. The molecule has 0 radical (unpaired) electrons. The van der Waals surface area contributed by atoms with Crippen molar-refractivity contribution < 1.29 is 19.4 Å². The maximum atomic E-state index is 10.9. The topological polar surface area (TPSA) is 70.6 Å². The number of benzene rings is 2. The van der Waals surface area contributed by atoms with Gasteiger partial charge in [0, 0.05) is 17.8 Å². The van der Waals surface area contributed by atoms with Gasteiger partial charge in [-0.2, -0.15) is 0 Å². The van der Waals surface area contributed by atoms with Crippen molar-refractivity contribution in [3.8, 4) is 11.5 Å². The predicted molar refractivity (Wildman–Crippen MR) is 86.8 cm³/mol. The molecule has 0 spiro atoms. The van der Waals surface area contributed by atoms with Crippen molar-refractivity contribution in [3.05, 3.63) is 66.2 Å². The molecule has 0 aliphatic heterocycles. The van der Waals surface area contributed by atoms with E-state index < -0.39 is 5.97 Å². The van der Waals surface area contributed by atoms with E-state index in [1.54, 1.807) is 25.3 Å². The van der Waals surface area contributed by atoms with Gasteiger partial charge < -0.3 is 24.7 Å². The summed E-state index contributed by atoms with van der Waals surface area (Å²) in [5.41, 5.74) is 1.71. The van der Waals surface area contributed by atoms with Crippen molar-refractivity contribution in [1.82, 2.24) is 0 Å². The highest BCUT2D eigenvalue weighted by molar-refractivity contribution is 5.87. The first-order valence-electron chi connectivity index (χ1n) is 7.10. The SMILES string of the molecule is C=CCOc1c(CNc2cccc(C(=O)[O-])c2)cccc1OC. The highest BCUT2D eigenvalue weighted by Crippen LogP contribution is 2.31. The third kappa shape index (κ3) is 4.26. The van der Waals surface area contributed by atoms with E-state index in [0.717, 1.165) is 5.56 Å². The van der Waals surface area contributed by atoms with E-state index in [-0.39, 0.29) is 5.56 Å². The average Bonchev–Trinajstić information content (AvgIpc) is 2.58. The lowest BCUT2D eigenvalue weighted by atomic mass is 10.1. The van der Waals surface area contributed by atoms with Crippen molar-refractivity contribution in [2.24, 2.45) is 0 Å². The molecule has 5 heteroatoms.